The molecule has 1 amide bonds. The lowest BCUT2D eigenvalue weighted by molar-refractivity contribution is -0.113. The number of fused-ring (bicyclic) bond motifs is 1. The van der Waals surface area contributed by atoms with Crippen molar-refractivity contribution < 1.29 is 4.79 Å². The first-order valence-electron chi connectivity index (χ1n) is 10.0. The molecule has 0 aliphatic carbocycles. The van der Waals surface area contributed by atoms with Crippen LogP contribution in [0.15, 0.2) is 38.9 Å². The Hall–Kier alpha value is -2.94. The lowest BCUT2D eigenvalue weighted by Crippen LogP contribution is -2.38. The van der Waals surface area contributed by atoms with Gasteiger partial charge in [-0.05, 0) is 18.1 Å². The molecule has 1 aromatic carbocycles. The van der Waals surface area contributed by atoms with Gasteiger partial charge in [0.2, 0.25) is 5.91 Å². The van der Waals surface area contributed by atoms with Gasteiger partial charge in [-0.2, -0.15) is 0 Å². The Morgan fingerprint density at radius 2 is 1.77 bits per heavy atom. The lowest BCUT2D eigenvalue weighted by Gasteiger charge is -2.19. The molecule has 3 aromatic rings. The number of hydrogen-bond acceptors (Lipinski definition) is 6. The molecule has 0 saturated carbocycles. The van der Waals surface area contributed by atoms with Crippen LogP contribution in [0.5, 0.6) is 0 Å². The summed E-state index contributed by atoms with van der Waals surface area (Å²) in [6, 6.07) is 7.65. The number of benzene rings is 1. The molecule has 0 fully saturated rings. The third kappa shape index (κ3) is 4.56. The molecular weight excluding hydrogens is 414 g/mol. The van der Waals surface area contributed by atoms with Crippen LogP contribution in [0, 0.1) is 0 Å². The maximum absolute atomic E-state index is 12.9. The van der Waals surface area contributed by atoms with Crippen molar-refractivity contribution in [1.82, 2.24) is 19.1 Å². The highest BCUT2D eigenvalue weighted by Crippen LogP contribution is 2.27. The summed E-state index contributed by atoms with van der Waals surface area (Å²) in [5, 5.41) is 3.56. The van der Waals surface area contributed by atoms with Crippen LogP contribution in [0.25, 0.3) is 11.0 Å². The van der Waals surface area contributed by atoms with Gasteiger partial charge in [0.1, 0.15) is 16.2 Å². The molecular formula is C22H27N5O3S. The number of carbonyl (C=O) groups excluding carboxylic acids is 1. The number of aryl methyl sites for hydroxylation is 2. The highest BCUT2D eigenvalue weighted by atomic mass is 32.2. The number of anilines is 1. The van der Waals surface area contributed by atoms with Gasteiger partial charge < -0.3 is 5.32 Å². The Kier molecular flexibility index (Phi) is 6.35. The monoisotopic (exact) mass is 441 g/mol. The third-order valence-corrected chi connectivity index (χ3v) is 5.93. The van der Waals surface area contributed by atoms with Gasteiger partial charge in [-0.3, -0.25) is 18.7 Å². The van der Waals surface area contributed by atoms with E-state index in [4.69, 9.17) is 0 Å². The minimum Gasteiger partial charge on any atom is -0.325 e. The molecule has 0 radical (unpaired) electrons. The minimum atomic E-state index is -0.474. The van der Waals surface area contributed by atoms with Crippen molar-refractivity contribution in [3.8, 4) is 0 Å². The average Bonchev–Trinajstić information content (AvgIpc) is 2.73. The maximum Gasteiger partial charge on any atom is 0.332 e. The molecule has 1 N–H and O–H groups in total. The van der Waals surface area contributed by atoms with Gasteiger partial charge in [0.15, 0.2) is 5.65 Å². The summed E-state index contributed by atoms with van der Waals surface area (Å²) in [6.07, 6.45) is 0.805. The molecule has 0 atom stereocenters. The zero-order valence-electron chi connectivity index (χ0n) is 18.6. The van der Waals surface area contributed by atoms with Crippen molar-refractivity contribution in [2.45, 2.75) is 44.6 Å². The molecule has 164 valence electrons. The number of amides is 1. The highest BCUT2D eigenvalue weighted by Gasteiger charge is 2.24. The molecule has 3 rings (SSSR count). The maximum atomic E-state index is 12.9. The Balaban J connectivity index is 2.02. The molecule has 2 heterocycles. The standard InChI is InChI=1S/C22H27N5O3S/c1-7-13-10-8-9-11-14(13)23-15(28)12-31-18-16-17(24-20(25-18)22(2,3)4)26(5)21(30)27(6)19(16)29/h8-11H,7,12H2,1-6H3,(H,23,28). The first-order chi connectivity index (χ1) is 14.5. The van der Waals surface area contributed by atoms with E-state index in [2.05, 4.69) is 15.3 Å². The zero-order valence-corrected chi connectivity index (χ0v) is 19.5. The van der Waals surface area contributed by atoms with Crippen LogP contribution >= 0.6 is 11.8 Å². The number of carbonyl (C=O) groups is 1. The van der Waals surface area contributed by atoms with E-state index in [1.165, 1.54) is 23.4 Å². The number of para-hydroxylation sites is 1. The van der Waals surface area contributed by atoms with Crippen molar-refractivity contribution in [3.05, 3.63) is 56.5 Å². The fourth-order valence-corrected chi connectivity index (χ4v) is 3.95. The molecule has 0 bridgehead atoms. The number of rotatable bonds is 5. The van der Waals surface area contributed by atoms with Crippen LogP contribution in [0.3, 0.4) is 0 Å². The lowest BCUT2D eigenvalue weighted by atomic mass is 9.96. The van der Waals surface area contributed by atoms with Crippen molar-refractivity contribution >= 4 is 34.4 Å². The van der Waals surface area contributed by atoms with Crippen molar-refractivity contribution in [2.24, 2.45) is 14.1 Å². The van der Waals surface area contributed by atoms with E-state index in [0.717, 1.165) is 22.2 Å². The molecule has 0 saturated heterocycles. The minimum absolute atomic E-state index is 0.0692. The Morgan fingerprint density at radius 3 is 2.42 bits per heavy atom. The van der Waals surface area contributed by atoms with Crippen molar-refractivity contribution in [1.29, 1.82) is 0 Å². The summed E-state index contributed by atoms with van der Waals surface area (Å²) >= 11 is 1.17. The number of nitrogens with zero attached hydrogens (tertiary/aromatic N) is 4. The van der Waals surface area contributed by atoms with Gasteiger partial charge in [-0.1, -0.05) is 57.7 Å². The normalized spacial score (nSPS) is 11.7. The quantitative estimate of drug-likeness (QED) is 0.483. The van der Waals surface area contributed by atoms with Crippen LogP contribution in [0.2, 0.25) is 0 Å². The average molecular weight is 442 g/mol. The molecule has 31 heavy (non-hydrogen) atoms. The topological polar surface area (TPSA) is 98.9 Å². The summed E-state index contributed by atoms with van der Waals surface area (Å²) in [5.74, 6) is 0.374. The van der Waals surface area contributed by atoms with E-state index < -0.39 is 16.7 Å². The van der Waals surface area contributed by atoms with Gasteiger partial charge in [-0.25, -0.2) is 14.8 Å². The van der Waals surface area contributed by atoms with Crippen molar-refractivity contribution in [3.63, 3.8) is 0 Å². The highest BCUT2D eigenvalue weighted by molar-refractivity contribution is 8.00. The molecule has 0 unspecified atom stereocenters. The zero-order chi connectivity index (χ0) is 22.9. The van der Waals surface area contributed by atoms with Gasteiger partial charge in [-0.15, -0.1) is 0 Å². The smallest absolute Gasteiger partial charge is 0.325 e. The first kappa shape index (κ1) is 22.7. The Labute approximate surface area is 184 Å². The second-order valence-electron chi connectivity index (χ2n) is 8.35. The summed E-state index contributed by atoms with van der Waals surface area (Å²) in [7, 11) is 3.00. The predicted octanol–water partition coefficient (Wildman–Crippen LogP) is 2.62. The van der Waals surface area contributed by atoms with Gasteiger partial charge in [0.25, 0.3) is 5.56 Å². The summed E-state index contributed by atoms with van der Waals surface area (Å²) in [5.41, 5.74) is 0.762. The van der Waals surface area contributed by atoms with E-state index in [1.807, 2.05) is 52.0 Å². The molecule has 9 heteroatoms. The van der Waals surface area contributed by atoms with E-state index in [1.54, 1.807) is 7.05 Å². The molecule has 8 nitrogen and oxygen atoms in total. The van der Waals surface area contributed by atoms with E-state index >= 15 is 0 Å². The summed E-state index contributed by atoms with van der Waals surface area (Å²) in [4.78, 5) is 47.0. The second-order valence-corrected chi connectivity index (χ2v) is 9.32. The number of hydrogen-bond donors (Lipinski definition) is 1. The summed E-state index contributed by atoms with van der Waals surface area (Å²) in [6.45, 7) is 7.89. The third-order valence-electron chi connectivity index (χ3n) is 4.95. The van der Waals surface area contributed by atoms with Crippen LogP contribution in [0.1, 0.15) is 39.1 Å². The van der Waals surface area contributed by atoms with Gasteiger partial charge in [0.05, 0.1) is 5.75 Å². The Bertz CT molecular complexity index is 1270. The van der Waals surface area contributed by atoms with Gasteiger partial charge >= 0.3 is 5.69 Å². The Morgan fingerprint density at radius 1 is 1.10 bits per heavy atom. The molecule has 0 aliphatic heterocycles. The van der Waals surface area contributed by atoms with E-state index in [9.17, 15) is 14.4 Å². The van der Waals surface area contributed by atoms with Crippen molar-refractivity contribution in [2.75, 3.05) is 11.1 Å². The number of thioether (sulfide) groups is 1. The predicted molar refractivity (Wildman–Crippen MR) is 124 cm³/mol. The van der Waals surface area contributed by atoms with Crippen LogP contribution < -0.4 is 16.6 Å². The van der Waals surface area contributed by atoms with Crippen LogP contribution in [-0.2, 0) is 30.7 Å². The SMILES string of the molecule is CCc1ccccc1NC(=O)CSc1nc(C(C)(C)C)nc2c1c(=O)n(C)c(=O)n2C. The summed E-state index contributed by atoms with van der Waals surface area (Å²) < 4.78 is 2.37. The van der Waals surface area contributed by atoms with Crippen LogP contribution in [-0.4, -0.2) is 30.8 Å². The molecule has 0 aliphatic rings. The molecule has 2 aromatic heterocycles. The molecule has 0 spiro atoms. The fraction of sp³-hybridized carbons (Fsp3) is 0.409. The largest absolute Gasteiger partial charge is 0.332 e. The van der Waals surface area contributed by atoms with E-state index in [0.29, 0.717) is 10.9 Å². The van der Waals surface area contributed by atoms with Gasteiger partial charge in [0, 0.05) is 25.2 Å². The van der Waals surface area contributed by atoms with E-state index in [-0.39, 0.29) is 22.7 Å². The second kappa shape index (κ2) is 8.66. The fourth-order valence-electron chi connectivity index (χ4n) is 3.14. The number of nitrogens with one attached hydrogen (secondary N) is 1. The number of aromatic nitrogens is 4. The first-order valence-corrected chi connectivity index (χ1v) is 11.0. The van der Waals surface area contributed by atoms with Crippen LogP contribution in [0.4, 0.5) is 5.69 Å².